The summed E-state index contributed by atoms with van der Waals surface area (Å²) >= 11 is 0. The molecule has 0 atom stereocenters. The molecule has 0 unspecified atom stereocenters. The Kier molecular flexibility index (Phi) is 6.32. The van der Waals surface area contributed by atoms with E-state index in [1.54, 1.807) is 24.3 Å². The Morgan fingerprint density at radius 3 is 2.39 bits per heavy atom. The number of Topliss-reactive ketones (excluding diaryl/α,β-unsaturated/α-hetero) is 1. The van der Waals surface area contributed by atoms with Crippen molar-refractivity contribution >= 4 is 23.3 Å². The molecule has 1 aromatic carbocycles. The van der Waals surface area contributed by atoms with E-state index < -0.39 is 0 Å². The minimum Gasteiger partial charge on any atom is -0.457 e. The number of anilines is 1. The number of esters is 1. The summed E-state index contributed by atoms with van der Waals surface area (Å²) in [6.45, 7) is 1.71. The van der Waals surface area contributed by atoms with Crippen LogP contribution in [0.1, 0.15) is 55.8 Å². The number of carbonyl (C=O) groups is 3. The molecule has 1 fully saturated rings. The summed E-state index contributed by atoms with van der Waals surface area (Å²) in [7, 11) is 0. The largest absolute Gasteiger partial charge is 0.457 e. The van der Waals surface area contributed by atoms with Crippen molar-refractivity contribution in [2.75, 3.05) is 11.9 Å². The van der Waals surface area contributed by atoms with Crippen LogP contribution in [0.2, 0.25) is 0 Å². The molecule has 0 aromatic heterocycles. The van der Waals surface area contributed by atoms with E-state index in [9.17, 15) is 14.4 Å². The van der Waals surface area contributed by atoms with Crippen molar-refractivity contribution in [3.8, 4) is 0 Å². The van der Waals surface area contributed by atoms with E-state index in [0.717, 1.165) is 32.1 Å². The summed E-state index contributed by atoms with van der Waals surface area (Å²) in [5.41, 5.74) is 1.13. The van der Waals surface area contributed by atoms with Crippen molar-refractivity contribution in [1.29, 1.82) is 0 Å². The average molecular weight is 317 g/mol. The van der Waals surface area contributed by atoms with Crippen LogP contribution < -0.4 is 5.32 Å². The maximum absolute atomic E-state index is 12.0. The van der Waals surface area contributed by atoms with Gasteiger partial charge in [-0.2, -0.15) is 0 Å². The molecule has 1 aliphatic rings. The highest BCUT2D eigenvalue weighted by atomic mass is 16.5. The Morgan fingerprint density at radius 2 is 1.78 bits per heavy atom. The molecule has 1 amide bonds. The fraction of sp³-hybridized carbons (Fsp3) is 0.500. The molecule has 0 bridgehead atoms. The molecule has 1 aromatic rings. The third-order valence-electron chi connectivity index (χ3n) is 4.00. The minimum absolute atomic E-state index is 0.0426. The van der Waals surface area contributed by atoms with Crippen LogP contribution in [0.4, 0.5) is 5.69 Å². The maximum atomic E-state index is 12.0. The standard InChI is InChI=1S/C18H23NO4/c1-2-5-17(21)19-15-10-8-13(9-11-15)16(20)12-23-18(22)14-6-3-4-7-14/h8-11,14H,2-7,12H2,1H3,(H,19,21). The Hall–Kier alpha value is -2.17. The minimum atomic E-state index is -0.265. The predicted molar refractivity (Wildman–Crippen MR) is 87.2 cm³/mol. The fourth-order valence-electron chi connectivity index (χ4n) is 2.69. The van der Waals surface area contributed by atoms with Crippen LogP contribution in [-0.4, -0.2) is 24.3 Å². The van der Waals surface area contributed by atoms with E-state index in [-0.39, 0.29) is 30.2 Å². The van der Waals surface area contributed by atoms with Crippen LogP contribution in [0, 0.1) is 5.92 Å². The number of benzene rings is 1. The number of hydrogen-bond acceptors (Lipinski definition) is 4. The Labute approximate surface area is 136 Å². The number of carbonyl (C=O) groups excluding carboxylic acids is 3. The van der Waals surface area contributed by atoms with Gasteiger partial charge in [0.15, 0.2) is 12.4 Å². The predicted octanol–water partition coefficient (Wildman–Crippen LogP) is 3.34. The Balaban J connectivity index is 1.82. The third kappa shape index (κ3) is 5.20. The molecule has 1 aliphatic carbocycles. The monoisotopic (exact) mass is 317 g/mol. The molecule has 1 saturated carbocycles. The molecule has 124 valence electrons. The SMILES string of the molecule is CCCC(=O)Nc1ccc(C(=O)COC(=O)C2CCCC2)cc1. The quantitative estimate of drug-likeness (QED) is 0.618. The van der Waals surface area contributed by atoms with Gasteiger partial charge in [0.1, 0.15) is 0 Å². The first-order chi connectivity index (χ1) is 11.1. The molecule has 5 heteroatoms. The zero-order valence-corrected chi connectivity index (χ0v) is 13.5. The van der Waals surface area contributed by atoms with E-state index in [1.807, 2.05) is 6.92 Å². The molecule has 0 aliphatic heterocycles. The lowest BCUT2D eigenvalue weighted by atomic mass is 10.1. The highest BCUT2D eigenvalue weighted by molar-refractivity contribution is 5.98. The van der Waals surface area contributed by atoms with Gasteiger partial charge in [-0.05, 0) is 43.5 Å². The number of rotatable bonds is 7. The topological polar surface area (TPSA) is 72.5 Å². The highest BCUT2D eigenvalue weighted by Gasteiger charge is 2.24. The summed E-state index contributed by atoms with van der Waals surface area (Å²) in [6, 6.07) is 6.62. The van der Waals surface area contributed by atoms with E-state index >= 15 is 0 Å². The van der Waals surface area contributed by atoms with Crippen LogP contribution >= 0.6 is 0 Å². The number of nitrogens with one attached hydrogen (secondary N) is 1. The molecule has 5 nitrogen and oxygen atoms in total. The van der Waals surface area contributed by atoms with Gasteiger partial charge in [-0.25, -0.2) is 0 Å². The number of ketones is 1. The van der Waals surface area contributed by atoms with Crippen molar-refractivity contribution in [3.63, 3.8) is 0 Å². The van der Waals surface area contributed by atoms with Gasteiger partial charge in [0, 0.05) is 17.7 Å². The number of ether oxygens (including phenoxy) is 1. The van der Waals surface area contributed by atoms with E-state index in [4.69, 9.17) is 4.74 Å². The average Bonchev–Trinajstić information content (AvgIpc) is 3.07. The smallest absolute Gasteiger partial charge is 0.309 e. The van der Waals surface area contributed by atoms with Crippen molar-refractivity contribution in [2.45, 2.75) is 45.4 Å². The van der Waals surface area contributed by atoms with Crippen LogP contribution in [0.15, 0.2) is 24.3 Å². The first kappa shape index (κ1) is 17.2. The van der Waals surface area contributed by atoms with Gasteiger partial charge in [0.2, 0.25) is 5.91 Å². The van der Waals surface area contributed by atoms with Crippen LogP contribution in [0.25, 0.3) is 0 Å². The molecular weight excluding hydrogens is 294 g/mol. The van der Waals surface area contributed by atoms with Crippen molar-refractivity contribution in [3.05, 3.63) is 29.8 Å². The molecule has 0 radical (unpaired) electrons. The van der Waals surface area contributed by atoms with Crippen LogP contribution in [-0.2, 0) is 14.3 Å². The molecule has 0 spiro atoms. The highest BCUT2D eigenvalue weighted by Crippen LogP contribution is 2.25. The summed E-state index contributed by atoms with van der Waals surface area (Å²) in [6.07, 6.45) is 5.09. The normalized spacial score (nSPS) is 14.5. The van der Waals surface area contributed by atoms with Gasteiger partial charge in [-0.1, -0.05) is 19.8 Å². The lowest BCUT2D eigenvalue weighted by molar-refractivity contribution is -0.147. The fourth-order valence-corrected chi connectivity index (χ4v) is 2.69. The van der Waals surface area contributed by atoms with Gasteiger partial charge < -0.3 is 10.1 Å². The number of hydrogen-bond donors (Lipinski definition) is 1. The summed E-state index contributed by atoms with van der Waals surface area (Å²) in [4.78, 5) is 35.3. The van der Waals surface area contributed by atoms with E-state index in [1.165, 1.54) is 0 Å². The van der Waals surface area contributed by atoms with Gasteiger partial charge in [-0.3, -0.25) is 14.4 Å². The van der Waals surface area contributed by atoms with Crippen LogP contribution in [0.5, 0.6) is 0 Å². The number of amides is 1. The summed E-state index contributed by atoms with van der Waals surface area (Å²) in [5, 5.41) is 2.76. The second-order valence-electron chi connectivity index (χ2n) is 5.89. The first-order valence-corrected chi connectivity index (χ1v) is 8.20. The third-order valence-corrected chi connectivity index (χ3v) is 4.00. The zero-order valence-electron chi connectivity index (χ0n) is 13.5. The van der Waals surface area contributed by atoms with Gasteiger partial charge in [0.05, 0.1) is 5.92 Å². The Bertz CT molecular complexity index is 559. The summed E-state index contributed by atoms with van der Waals surface area (Å²) < 4.78 is 5.11. The maximum Gasteiger partial charge on any atom is 0.309 e. The van der Waals surface area contributed by atoms with Crippen molar-refractivity contribution in [1.82, 2.24) is 0 Å². The molecule has 23 heavy (non-hydrogen) atoms. The molecule has 0 heterocycles. The van der Waals surface area contributed by atoms with Crippen molar-refractivity contribution in [2.24, 2.45) is 5.92 Å². The molecule has 0 saturated heterocycles. The van der Waals surface area contributed by atoms with Gasteiger partial charge in [-0.15, -0.1) is 0 Å². The zero-order chi connectivity index (χ0) is 16.7. The molecular formula is C18H23NO4. The second-order valence-corrected chi connectivity index (χ2v) is 5.89. The van der Waals surface area contributed by atoms with Gasteiger partial charge >= 0.3 is 5.97 Å². The van der Waals surface area contributed by atoms with Gasteiger partial charge in [0.25, 0.3) is 0 Å². The lowest BCUT2D eigenvalue weighted by Crippen LogP contribution is -2.19. The lowest BCUT2D eigenvalue weighted by Gasteiger charge is -2.09. The second kappa shape index (κ2) is 8.46. The van der Waals surface area contributed by atoms with Crippen LogP contribution in [0.3, 0.4) is 0 Å². The first-order valence-electron chi connectivity index (χ1n) is 8.20. The van der Waals surface area contributed by atoms with Crippen molar-refractivity contribution < 1.29 is 19.1 Å². The molecule has 1 N–H and O–H groups in total. The summed E-state index contributed by atoms with van der Waals surface area (Å²) in [5.74, 6) is -0.585. The van der Waals surface area contributed by atoms with E-state index in [0.29, 0.717) is 17.7 Å². The molecule has 2 rings (SSSR count). The Morgan fingerprint density at radius 1 is 1.13 bits per heavy atom. The van der Waals surface area contributed by atoms with E-state index in [2.05, 4.69) is 5.32 Å².